The number of piperidine rings is 1. The number of nitrogens with one attached hydrogen (secondary N) is 1. The maximum absolute atomic E-state index is 3.94. The monoisotopic (exact) mass is 286 g/mol. The molecule has 1 aliphatic heterocycles. The molecule has 0 bridgehead atoms. The molecule has 1 saturated carbocycles. The summed E-state index contributed by atoms with van der Waals surface area (Å²) in [7, 11) is 2.25. The van der Waals surface area contributed by atoms with Crippen LogP contribution in [0.3, 0.4) is 0 Å². The van der Waals surface area contributed by atoms with Crippen LogP contribution >= 0.6 is 0 Å². The molecule has 3 rings (SSSR count). The molecule has 0 aromatic heterocycles. The zero-order chi connectivity index (χ0) is 14.5. The average Bonchev–Trinajstić information content (AvgIpc) is 2.55. The third kappa shape index (κ3) is 4.08. The van der Waals surface area contributed by atoms with Gasteiger partial charge in [0.1, 0.15) is 0 Å². The van der Waals surface area contributed by atoms with Crippen LogP contribution in [0.2, 0.25) is 0 Å². The van der Waals surface area contributed by atoms with Gasteiger partial charge in [-0.05, 0) is 69.8 Å². The van der Waals surface area contributed by atoms with Crippen LogP contribution < -0.4 is 5.32 Å². The fourth-order valence-corrected chi connectivity index (χ4v) is 4.06. The number of hydrogen-bond acceptors (Lipinski definition) is 2. The standard InChI is InChI=1S/C19H30N2/c1-21-13-11-16(12-14-21)15-20-19-10-6-5-9-18(19)17-7-3-2-4-8-17/h2-4,7-8,16,18-20H,5-6,9-15H2,1H3. The molecular formula is C19H30N2. The van der Waals surface area contributed by atoms with Crippen molar-refractivity contribution in [2.24, 2.45) is 5.92 Å². The molecule has 2 unspecified atom stereocenters. The van der Waals surface area contributed by atoms with Gasteiger partial charge in [-0.25, -0.2) is 0 Å². The lowest BCUT2D eigenvalue weighted by atomic mass is 9.79. The van der Waals surface area contributed by atoms with Gasteiger partial charge >= 0.3 is 0 Å². The predicted octanol–water partition coefficient (Wildman–Crippen LogP) is 3.64. The second kappa shape index (κ2) is 7.42. The maximum Gasteiger partial charge on any atom is 0.0136 e. The Morgan fingerprint density at radius 2 is 1.71 bits per heavy atom. The number of benzene rings is 1. The molecule has 1 aromatic rings. The molecule has 1 N–H and O–H groups in total. The smallest absolute Gasteiger partial charge is 0.0136 e. The Balaban J connectivity index is 1.55. The van der Waals surface area contributed by atoms with E-state index in [1.54, 1.807) is 0 Å². The number of hydrogen-bond donors (Lipinski definition) is 1. The van der Waals surface area contributed by atoms with Crippen molar-refractivity contribution in [3.8, 4) is 0 Å². The lowest BCUT2D eigenvalue weighted by Crippen LogP contribution is -2.42. The molecule has 1 saturated heterocycles. The van der Waals surface area contributed by atoms with Crippen LogP contribution in [0.5, 0.6) is 0 Å². The molecule has 21 heavy (non-hydrogen) atoms. The molecule has 2 heteroatoms. The fraction of sp³-hybridized carbons (Fsp3) is 0.684. The third-order valence-corrected chi connectivity index (χ3v) is 5.50. The van der Waals surface area contributed by atoms with Gasteiger partial charge in [-0.2, -0.15) is 0 Å². The molecule has 2 fully saturated rings. The minimum atomic E-state index is 0.695. The lowest BCUT2D eigenvalue weighted by molar-refractivity contribution is 0.205. The summed E-state index contributed by atoms with van der Waals surface area (Å²) in [5.41, 5.74) is 1.54. The van der Waals surface area contributed by atoms with Crippen molar-refractivity contribution in [2.75, 3.05) is 26.7 Å². The van der Waals surface area contributed by atoms with Crippen LogP contribution in [0.1, 0.15) is 50.0 Å². The van der Waals surface area contributed by atoms with Gasteiger partial charge in [-0.3, -0.25) is 0 Å². The van der Waals surface area contributed by atoms with Crippen molar-refractivity contribution in [1.29, 1.82) is 0 Å². The summed E-state index contributed by atoms with van der Waals surface area (Å²) in [6.07, 6.45) is 8.24. The van der Waals surface area contributed by atoms with Gasteiger partial charge in [0.25, 0.3) is 0 Å². The normalized spacial score (nSPS) is 28.6. The van der Waals surface area contributed by atoms with E-state index in [0.717, 1.165) is 11.8 Å². The minimum absolute atomic E-state index is 0.695. The summed E-state index contributed by atoms with van der Waals surface area (Å²) in [6.45, 7) is 3.78. The highest BCUT2D eigenvalue weighted by molar-refractivity contribution is 5.22. The molecule has 1 aromatic carbocycles. The highest BCUT2D eigenvalue weighted by atomic mass is 15.1. The number of rotatable bonds is 4. The van der Waals surface area contributed by atoms with Crippen LogP contribution in [0.4, 0.5) is 0 Å². The van der Waals surface area contributed by atoms with Gasteiger partial charge in [-0.1, -0.05) is 43.2 Å². The molecule has 0 spiro atoms. The minimum Gasteiger partial charge on any atom is -0.313 e. The maximum atomic E-state index is 3.94. The van der Waals surface area contributed by atoms with Crippen LogP contribution in [0, 0.1) is 5.92 Å². The van der Waals surface area contributed by atoms with Crippen molar-refractivity contribution < 1.29 is 0 Å². The van der Waals surface area contributed by atoms with Crippen LogP contribution in [0.25, 0.3) is 0 Å². The van der Waals surface area contributed by atoms with E-state index < -0.39 is 0 Å². The first-order valence-electron chi connectivity index (χ1n) is 8.80. The van der Waals surface area contributed by atoms with Crippen LogP contribution in [-0.4, -0.2) is 37.6 Å². The van der Waals surface area contributed by atoms with E-state index >= 15 is 0 Å². The van der Waals surface area contributed by atoms with E-state index in [1.807, 2.05) is 0 Å². The zero-order valence-electron chi connectivity index (χ0n) is 13.4. The van der Waals surface area contributed by atoms with Gasteiger partial charge < -0.3 is 10.2 Å². The molecule has 2 nitrogen and oxygen atoms in total. The summed E-state index contributed by atoms with van der Waals surface area (Å²) in [6, 6.07) is 11.9. The highest BCUT2D eigenvalue weighted by Gasteiger charge is 2.27. The molecule has 2 atom stereocenters. The summed E-state index contributed by atoms with van der Waals surface area (Å²) >= 11 is 0. The van der Waals surface area contributed by atoms with Gasteiger partial charge in [0.05, 0.1) is 0 Å². The topological polar surface area (TPSA) is 15.3 Å². The zero-order valence-corrected chi connectivity index (χ0v) is 13.4. The molecule has 2 aliphatic rings. The van der Waals surface area contributed by atoms with Crippen LogP contribution in [0.15, 0.2) is 30.3 Å². The van der Waals surface area contributed by atoms with Gasteiger partial charge in [0.2, 0.25) is 0 Å². The Bertz CT molecular complexity index is 409. The lowest BCUT2D eigenvalue weighted by Gasteiger charge is -2.35. The van der Waals surface area contributed by atoms with E-state index in [2.05, 4.69) is 47.6 Å². The highest BCUT2D eigenvalue weighted by Crippen LogP contribution is 2.33. The Morgan fingerprint density at radius 1 is 1.00 bits per heavy atom. The average molecular weight is 286 g/mol. The number of likely N-dealkylation sites (tertiary alicyclic amines) is 1. The Labute approximate surface area is 129 Å². The first-order chi connectivity index (χ1) is 10.3. The second-order valence-electron chi connectivity index (χ2n) is 7.06. The summed E-state index contributed by atoms with van der Waals surface area (Å²) in [5, 5.41) is 3.94. The Morgan fingerprint density at radius 3 is 2.48 bits per heavy atom. The van der Waals surface area contributed by atoms with E-state index in [-0.39, 0.29) is 0 Å². The molecule has 116 valence electrons. The molecule has 1 heterocycles. The van der Waals surface area contributed by atoms with E-state index in [4.69, 9.17) is 0 Å². The van der Waals surface area contributed by atoms with Crippen molar-refractivity contribution in [2.45, 2.75) is 50.5 Å². The molecule has 1 aliphatic carbocycles. The first-order valence-corrected chi connectivity index (χ1v) is 8.80. The van der Waals surface area contributed by atoms with E-state index in [1.165, 1.54) is 63.7 Å². The first kappa shape index (κ1) is 15.1. The summed E-state index contributed by atoms with van der Waals surface area (Å²) in [5.74, 6) is 1.62. The van der Waals surface area contributed by atoms with Crippen LogP contribution in [-0.2, 0) is 0 Å². The van der Waals surface area contributed by atoms with Gasteiger partial charge in [0.15, 0.2) is 0 Å². The summed E-state index contributed by atoms with van der Waals surface area (Å²) in [4.78, 5) is 2.46. The van der Waals surface area contributed by atoms with E-state index in [9.17, 15) is 0 Å². The second-order valence-corrected chi connectivity index (χ2v) is 7.06. The quantitative estimate of drug-likeness (QED) is 0.909. The van der Waals surface area contributed by atoms with Crippen molar-refractivity contribution in [3.63, 3.8) is 0 Å². The van der Waals surface area contributed by atoms with Crippen molar-refractivity contribution >= 4 is 0 Å². The predicted molar refractivity (Wildman–Crippen MR) is 89.7 cm³/mol. The van der Waals surface area contributed by atoms with Gasteiger partial charge in [-0.15, -0.1) is 0 Å². The molecule has 0 radical (unpaired) electrons. The molecular weight excluding hydrogens is 256 g/mol. The fourth-order valence-electron chi connectivity index (χ4n) is 4.06. The Hall–Kier alpha value is -0.860. The summed E-state index contributed by atoms with van der Waals surface area (Å²) < 4.78 is 0. The number of nitrogens with zero attached hydrogens (tertiary/aromatic N) is 1. The largest absolute Gasteiger partial charge is 0.313 e. The van der Waals surface area contributed by atoms with Crippen molar-refractivity contribution in [1.82, 2.24) is 10.2 Å². The van der Waals surface area contributed by atoms with E-state index in [0.29, 0.717) is 6.04 Å². The van der Waals surface area contributed by atoms with Crippen molar-refractivity contribution in [3.05, 3.63) is 35.9 Å². The van der Waals surface area contributed by atoms with Gasteiger partial charge in [0, 0.05) is 6.04 Å². The SMILES string of the molecule is CN1CCC(CNC2CCCCC2c2ccccc2)CC1. The Kier molecular flexibility index (Phi) is 5.32. The molecule has 0 amide bonds. The third-order valence-electron chi connectivity index (χ3n) is 5.50.